The van der Waals surface area contributed by atoms with Gasteiger partial charge in [0, 0.05) is 84.4 Å². The average Bonchev–Trinajstić information content (AvgIpc) is 3.34. The standard InChI is InChI=1S/C57H78N4O4/c1-44(48-22-10-8-20-46(48)30-32-58-33-38-62-3)18-7-16-28-57-53-27-15-14-26-52(53)55(43-61(57)37-41-65-6)54(42-59-34-39-63-4)51-25-13-12-23-49(51)45(2)19-17-29-56-50-24-11-9-21-47(50)31-35-60(56)36-40-64-5/h8-15,20-27,54-55,58-59H,1-2,7,16-19,28-43H2,3-6H3/q+2. The fourth-order valence-electron chi connectivity index (χ4n) is 10.1. The van der Waals surface area contributed by atoms with Gasteiger partial charge in [-0.05, 0) is 102 Å². The molecule has 65 heavy (non-hydrogen) atoms. The molecular formula is C57H78N4O4+2. The summed E-state index contributed by atoms with van der Waals surface area (Å²) in [6.45, 7) is 19.4. The van der Waals surface area contributed by atoms with Gasteiger partial charge in [-0.15, -0.1) is 0 Å². The summed E-state index contributed by atoms with van der Waals surface area (Å²) in [6, 6.07) is 36.1. The minimum absolute atomic E-state index is 0.218. The Labute approximate surface area is 391 Å². The van der Waals surface area contributed by atoms with E-state index in [1.807, 2.05) is 7.11 Å². The molecule has 0 bridgehead atoms. The molecule has 0 spiro atoms. The Bertz CT molecular complexity index is 2190. The number of hydrogen-bond donors (Lipinski definition) is 2. The zero-order chi connectivity index (χ0) is 45.6. The van der Waals surface area contributed by atoms with Gasteiger partial charge in [0.1, 0.15) is 19.8 Å². The van der Waals surface area contributed by atoms with Crippen LogP contribution in [-0.4, -0.2) is 128 Å². The largest absolute Gasteiger partial charge is 0.383 e. The van der Waals surface area contributed by atoms with Crippen LogP contribution in [0.15, 0.2) is 110 Å². The summed E-state index contributed by atoms with van der Waals surface area (Å²) in [5.41, 5.74) is 16.3. The summed E-state index contributed by atoms with van der Waals surface area (Å²) in [7, 11) is 7.15. The number of fused-ring (bicyclic) bond motifs is 2. The molecule has 6 rings (SSSR count). The lowest BCUT2D eigenvalue weighted by molar-refractivity contribution is -0.536. The molecule has 0 aliphatic carbocycles. The quantitative estimate of drug-likeness (QED) is 0.0403. The lowest BCUT2D eigenvalue weighted by Crippen LogP contribution is -2.39. The lowest BCUT2D eigenvalue weighted by atomic mass is 9.74. The molecule has 0 fully saturated rings. The van der Waals surface area contributed by atoms with E-state index in [2.05, 4.69) is 123 Å². The van der Waals surface area contributed by atoms with E-state index in [4.69, 9.17) is 25.5 Å². The molecule has 4 aromatic carbocycles. The van der Waals surface area contributed by atoms with Crippen molar-refractivity contribution in [3.05, 3.63) is 155 Å². The Balaban J connectivity index is 1.20. The fourth-order valence-corrected chi connectivity index (χ4v) is 10.1. The van der Waals surface area contributed by atoms with E-state index in [1.165, 1.54) is 67.1 Å². The maximum Gasteiger partial charge on any atom is 0.183 e. The van der Waals surface area contributed by atoms with Crippen LogP contribution in [0.2, 0.25) is 0 Å². The Morgan fingerprint density at radius 1 is 0.600 bits per heavy atom. The van der Waals surface area contributed by atoms with E-state index < -0.39 is 0 Å². The second-order valence-corrected chi connectivity index (χ2v) is 17.7. The maximum absolute atomic E-state index is 5.77. The Hall–Kier alpha value is -4.54. The highest BCUT2D eigenvalue weighted by atomic mass is 16.5. The second-order valence-electron chi connectivity index (χ2n) is 17.7. The number of nitrogens with zero attached hydrogens (tertiary/aromatic N) is 2. The number of methoxy groups -OCH3 is 4. The molecule has 2 unspecified atom stereocenters. The van der Waals surface area contributed by atoms with Gasteiger partial charge >= 0.3 is 0 Å². The first kappa shape index (κ1) is 49.9. The van der Waals surface area contributed by atoms with Crippen molar-refractivity contribution in [2.75, 3.05) is 107 Å². The van der Waals surface area contributed by atoms with Gasteiger partial charge < -0.3 is 29.6 Å². The van der Waals surface area contributed by atoms with Crippen molar-refractivity contribution in [2.45, 2.75) is 69.6 Å². The van der Waals surface area contributed by atoms with Crippen LogP contribution >= 0.6 is 0 Å². The van der Waals surface area contributed by atoms with Gasteiger partial charge in [0.15, 0.2) is 31.1 Å². The number of allylic oxidation sites excluding steroid dienone is 2. The SMILES string of the molecule is C=C(CCCCC1=[N+](CCOC)CC(C(CNCCOC)c2ccccc2C(=C)CCCC2=[N+](CCOC)CCc3ccccc32)c2ccccc21)c1ccccc1CCNCCOC. The van der Waals surface area contributed by atoms with E-state index in [9.17, 15) is 0 Å². The molecule has 0 saturated carbocycles. The van der Waals surface area contributed by atoms with Crippen molar-refractivity contribution in [3.63, 3.8) is 0 Å². The molecule has 348 valence electrons. The van der Waals surface area contributed by atoms with Gasteiger partial charge in [0.25, 0.3) is 0 Å². The first-order chi connectivity index (χ1) is 32.0. The van der Waals surface area contributed by atoms with Crippen molar-refractivity contribution >= 4 is 22.6 Å². The number of unbranched alkanes of at least 4 members (excludes halogenated alkanes) is 1. The average molecular weight is 883 g/mol. The molecule has 2 atom stereocenters. The highest BCUT2D eigenvalue weighted by Gasteiger charge is 2.38. The summed E-state index contributed by atoms with van der Waals surface area (Å²) in [4.78, 5) is 0. The molecule has 2 N–H and O–H groups in total. The third-order valence-electron chi connectivity index (χ3n) is 13.5. The molecule has 2 aliphatic heterocycles. The van der Waals surface area contributed by atoms with Crippen LogP contribution in [0.4, 0.5) is 0 Å². The van der Waals surface area contributed by atoms with Crippen molar-refractivity contribution in [3.8, 4) is 0 Å². The fraction of sp³-hybridized carbons (Fsp3) is 0.474. The molecule has 0 amide bonds. The first-order valence-electron chi connectivity index (χ1n) is 24.3. The second kappa shape index (κ2) is 27.2. The topological polar surface area (TPSA) is 67.0 Å². The zero-order valence-corrected chi connectivity index (χ0v) is 40.2. The number of rotatable bonds is 30. The van der Waals surface area contributed by atoms with Crippen molar-refractivity contribution < 1.29 is 28.1 Å². The van der Waals surface area contributed by atoms with E-state index in [-0.39, 0.29) is 11.8 Å². The predicted octanol–water partition coefficient (Wildman–Crippen LogP) is 9.19. The molecule has 0 saturated heterocycles. The number of nitrogens with one attached hydrogen (secondary N) is 2. The summed E-state index contributed by atoms with van der Waals surface area (Å²) in [5.74, 6) is 0.481. The van der Waals surface area contributed by atoms with E-state index >= 15 is 0 Å². The molecular weight excluding hydrogens is 805 g/mol. The molecule has 2 aliphatic rings. The molecule has 0 radical (unpaired) electrons. The third kappa shape index (κ3) is 14.0. The minimum atomic E-state index is 0.218. The van der Waals surface area contributed by atoms with Crippen molar-refractivity contribution in [1.82, 2.24) is 10.6 Å². The van der Waals surface area contributed by atoms with E-state index in [0.717, 1.165) is 123 Å². The summed E-state index contributed by atoms with van der Waals surface area (Å²) >= 11 is 0. The smallest absolute Gasteiger partial charge is 0.183 e. The van der Waals surface area contributed by atoms with Gasteiger partial charge in [0.05, 0.1) is 19.1 Å². The Kier molecular flexibility index (Phi) is 20.9. The molecule has 0 aromatic heterocycles. The molecule has 8 heteroatoms. The Morgan fingerprint density at radius 2 is 1.20 bits per heavy atom. The van der Waals surface area contributed by atoms with E-state index in [0.29, 0.717) is 13.2 Å². The summed E-state index contributed by atoms with van der Waals surface area (Å²) in [5, 5.41) is 7.31. The normalized spacial score (nSPS) is 15.2. The van der Waals surface area contributed by atoms with Crippen LogP contribution in [0.25, 0.3) is 11.1 Å². The van der Waals surface area contributed by atoms with Crippen molar-refractivity contribution in [1.29, 1.82) is 0 Å². The van der Waals surface area contributed by atoms with Gasteiger partial charge in [-0.1, -0.05) is 98.1 Å². The summed E-state index contributed by atoms with van der Waals surface area (Å²) < 4.78 is 27.2. The number of hydrogen-bond acceptors (Lipinski definition) is 6. The molecule has 2 heterocycles. The van der Waals surface area contributed by atoms with Crippen LogP contribution in [-0.2, 0) is 31.8 Å². The zero-order valence-electron chi connectivity index (χ0n) is 40.2. The summed E-state index contributed by atoms with van der Waals surface area (Å²) in [6.07, 6.45) is 9.24. The first-order valence-corrected chi connectivity index (χ1v) is 24.3. The van der Waals surface area contributed by atoms with Crippen LogP contribution in [0.3, 0.4) is 0 Å². The third-order valence-corrected chi connectivity index (χ3v) is 13.5. The number of benzene rings is 4. The highest BCUT2D eigenvalue weighted by Crippen LogP contribution is 2.41. The van der Waals surface area contributed by atoms with Crippen LogP contribution in [0, 0.1) is 0 Å². The van der Waals surface area contributed by atoms with Crippen LogP contribution in [0.5, 0.6) is 0 Å². The monoisotopic (exact) mass is 883 g/mol. The molecule has 4 aromatic rings. The van der Waals surface area contributed by atoms with Gasteiger partial charge in [-0.3, -0.25) is 0 Å². The van der Waals surface area contributed by atoms with Crippen molar-refractivity contribution in [2.24, 2.45) is 0 Å². The molecule has 8 nitrogen and oxygen atoms in total. The lowest BCUT2D eigenvalue weighted by Gasteiger charge is -2.33. The van der Waals surface area contributed by atoms with Crippen LogP contribution in [0.1, 0.15) is 101 Å². The van der Waals surface area contributed by atoms with E-state index in [1.54, 1.807) is 21.3 Å². The van der Waals surface area contributed by atoms with Crippen LogP contribution < -0.4 is 10.6 Å². The van der Waals surface area contributed by atoms with Gasteiger partial charge in [-0.2, -0.15) is 0 Å². The predicted molar refractivity (Wildman–Crippen MR) is 270 cm³/mol. The Morgan fingerprint density at radius 3 is 1.98 bits per heavy atom. The van der Waals surface area contributed by atoms with Gasteiger partial charge in [-0.25, -0.2) is 9.15 Å². The maximum atomic E-state index is 5.77. The number of ether oxygens (including phenoxy) is 4. The highest BCUT2D eigenvalue weighted by molar-refractivity contribution is 5.99. The van der Waals surface area contributed by atoms with Gasteiger partial charge in [0.2, 0.25) is 0 Å². The minimum Gasteiger partial charge on any atom is -0.383 e.